The van der Waals surface area contributed by atoms with E-state index in [1.165, 1.54) is 0 Å². The zero-order chi connectivity index (χ0) is 15.2. The third-order valence-electron chi connectivity index (χ3n) is 2.83. The fourth-order valence-electron chi connectivity index (χ4n) is 1.84. The van der Waals surface area contributed by atoms with E-state index in [-0.39, 0.29) is 18.1 Å². The van der Waals surface area contributed by atoms with Gasteiger partial charge in [-0.15, -0.1) is 0 Å². The van der Waals surface area contributed by atoms with E-state index in [0.717, 1.165) is 5.56 Å². The van der Waals surface area contributed by atoms with Gasteiger partial charge in [0, 0.05) is 0 Å². The largest absolute Gasteiger partial charge is 0.480 e. The summed E-state index contributed by atoms with van der Waals surface area (Å²) >= 11 is 0. The summed E-state index contributed by atoms with van der Waals surface area (Å²) in [5.41, 5.74) is 0.911. The number of rotatable bonds is 8. The highest BCUT2D eigenvalue weighted by Gasteiger charge is 2.24. The van der Waals surface area contributed by atoms with Crippen molar-refractivity contribution in [2.24, 2.45) is 5.92 Å². The monoisotopic (exact) mass is 299 g/mol. The second kappa shape index (κ2) is 7.40. The molecule has 0 heterocycles. The van der Waals surface area contributed by atoms with Gasteiger partial charge in [-0.3, -0.25) is 4.79 Å². The highest BCUT2D eigenvalue weighted by molar-refractivity contribution is 7.89. The molecule has 6 heteroatoms. The zero-order valence-corrected chi connectivity index (χ0v) is 12.6. The van der Waals surface area contributed by atoms with Crippen LogP contribution in [0, 0.1) is 5.92 Å². The van der Waals surface area contributed by atoms with Gasteiger partial charge in [0.15, 0.2) is 0 Å². The van der Waals surface area contributed by atoms with Crippen LogP contribution >= 0.6 is 0 Å². The Kier molecular flexibility index (Phi) is 6.16. The molecule has 0 aliphatic carbocycles. The smallest absolute Gasteiger partial charge is 0.321 e. The molecular weight excluding hydrogens is 278 g/mol. The Bertz CT molecular complexity index is 525. The first-order chi connectivity index (χ1) is 9.30. The molecule has 0 aromatic heterocycles. The van der Waals surface area contributed by atoms with Crippen molar-refractivity contribution in [3.05, 3.63) is 35.9 Å². The Morgan fingerprint density at radius 2 is 1.85 bits per heavy atom. The van der Waals surface area contributed by atoms with Gasteiger partial charge in [-0.1, -0.05) is 44.2 Å². The number of aliphatic carboxylic acids is 1. The van der Waals surface area contributed by atoms with E-state index in [1.54, 1.807) is 0 Å². The number of aryl methyl sites for hydroxylation is 1. The van der Waals surface area contributed by atoms with Gasteiger partial charge < -0.3 is 5.11 Å². The molecule has 2 N–H and O–H groups in total. The number of nitrogens with one attached hydrogen (secondary N) is 1. The van der Waals surface area contributed by atoms with Crippen LogP contribution in [0.2, 0.25) is 0 Å². The van der Waals surface area contributed by atoms with Gasteiger partial charge in [0.2, 0.25) is 10.0 Å². The molecule has 0 bridgehead atoms. The molecule has 20 heavy (non-hydrogen) atoms. The first-order valence-corrected chi connectivity index (χ1v) is 8.22. The van der Waals surface area contributed by atoms with Gasteiger partial charge in [-0.05, 0) is 24.3 Å². The van der Waals surface area contributed by atoms with Crippen LogP contribution in [0.5, 0.6) is 0 Å². The highest BCUT2D eigenvalue weighted by atomic mass is 32.2. The number of hydrogen-bond acceptors (Lipinski definition) is 3. The Morgan fingerprint density at radius 1 is 1.25 bits per heavy atom. The third-order valence-corrected chi connectivity index (χ3v) is 4.21. The predicted molar refractivity (Wildman–Crippen MR) is 77.9 cm³/mol. The summed E-state index contributed by atoms with van der Waals surface area (Å²) in [5.74, 6) is -1.14. The van der Waals surface area contributed by atoms with Gasteiger partial charge in [0.1, 0.15) is 6.04 Å². The first-order valence-electron chi connectivity index (χ1n) is 6.57. The molecule has 0 saturated carbocycles. The number of carbonyl (C=O) groups is 1. The molecular formula is C14H21NO4S. The van der Waals surface area contributed by atoms with Crippen LogP contribution in [-0.2, 0) is 21.2 Å². The van der Waals surface area contributed by atoms with Crippen LogP contribution in [0.1, 0.15) is 25.8 Å². The Morgan fingerprint density at radius 3 is 2.35 bits per heavy atom. The number of carboxylic acid groups (broad SMARTS) is 1. The van der Waals surface area contributed by atoms with E-state index in [1.807, 2.05) is 44.2 Å². The summed E-state index contributed by atoms with van der Waals surface area (Å²) in [4.78, 5) is 11.1. The maximum Gasteiger partial charge on any atom is 0.321 e. The van der Waals surface area contributed by atoms with Crippen molar-refractivity contribution in [3.8, 4) is 0 Å². The van der Waals surface area contributed by atoms with Gasteiger partial charge in [-0.25, -0.2) is 13.1 Å². The highest BCUT2D eigenvalue weighted by Crippen LogP contribution is 2.07. The van der Waals surface area contributed by atoms with Gasteiger partial charge in [0.25, 0.3) is 0 Å². The molecule has 1 atom stereocenters. The van der Waals surface area contributed by atoms with E-state index in [9.17, 15) is 13.2 Å². The number of benzene rings is 1. The number of hydrogen-bond donors (Lipinski definition) is 2. The van der Waals surface area contributed by atoms with Crippen LogP contribution in [-0.4, -0.2) is 31.3 Å². The first kappa shape index (κ1) is 16.7. The number of sulfonamides is 1. The molecule has 0 amide bonds. The lowest BCUT2D eigenvalue weighted by atomic mass is 10.1. The summed E-state index contributed by atoms with van der Waals surface area (Å²) in [6.45, 7) is 3.71. The van der Waals surface area contributed by atoms with Gasteiger partial charge in [0.05, 0.1) is 5.75 Å². The zero-order valence-electron chi connectivity index (χ0n) is 11.7. The summed E-state index contributed by atoms with van der Waals surface area (Å²) in [7, 11) is -3.60. The minimum absolute atomic E-state index is 0.105. The quantitative estimate of drug-likeness (QED) is 0.764. The van der Waals surface area contributed by atoms with Crippen molar-refractivity contribution < 1.29 is 18.3 Å². The van der Waals surface area contributed by atoms with Crippen molar-refractivity contribution in [2.75, 3.05) is 5.75 Å². The van der Waals surface area contributed by atoms with E-state index in [0.29, 0.717) is 6.42 Å². The van der Waals surface area contributed by atoms with Crippen molar-refractivity contribution in [3.63, 3.8) is 0 Å². The van der Waals surface area contributed by atoms with Crippen LogP contribution in [0.3, 0.4) is 0 Å². The molecule has 0 fully saturated rings. The lowest BCUT2D eigenvalue weighted by Crippen LogP contribution is -2.42. The Labute approximate surface area is 120 Å². The third kappa shape index (κ3) is 6.16. The molecule has 0 aliphatic rings. The SMILES string of the molecule is CC(C)C[C@H](NS(=O)(=O)CCc1ccccc1)C(=O)O. The van der Waals surface area contributed by atoms with E-state index < -0.39 is 22.0 Å². The summed E-state index contributed by atoms with van der Waals surface area (Å²) < 4.78 is 26.1. The summed E-state index contributed by atoms with van der Waals surface area (Å²) in [6.07, 6.45) is 0.643. The van der Waals surface area contributed by atoms with Crippen molar-refractivity contribution in [1.29, 1.82) is 0 Å². The van der Waals surface area contributed by atoms with Gasteiger partial charge >= 0.3 is 5.97 Å². The minimum Gasteiger partial charge on any atom is -0.480 e. The van der Waals surface area contributed by atoms with Crippen LogP contribution in [0.4, 0.5) is 0 Å². The molecule has 5 nitrogen and oxygen atoms in total. The van der Waals surface area contributed by atoms with Crippen molar-refractivity contribution in [1.82, 2.24) is 4.72 Å². The van der Waals surface area contributed by atoms with Gasteiger partial charge in [-0.2, -0.15) is 0 Å². The van der Waals surface area contributed by atoms with Crippen LogP contribution in [0.25, 0.3) is 0 Å². The summed E-state index contributed by atoms with van der Waals surface area (Å²) in [6, 6.07) is 8.18. The standard InChI is InChI=1S/C14H21NO4S/c1-11(2)10-13(14(16)17)15-20(18,19)9-8-12-6-4-3-5-7-12/h3-7,11,13,15H,8-10H2,1-2H3,(H,16,17)/t13-/m0/s1. The second-order valence-corrected chi connectivity index (χ2v) is 7.07. The molecule has 112 valence electrons. The molecule has 0 unspecified atom stereocenters. The maximum atomic E-state index is 11.9. The van der Waals surface area contributed by atoms with Crippen molar-refractivity contribution in [2.45, 2.75) is 32.7 Å². The number of carboxylic acids is 1. The van der Waals surface area contributed by atoms with Crippen molar-refractivity contribution >= 4 is 16.0 Å². The molecule has 1 aromatic rings. The minimum atomic E-state index is -3.60. The average Bonchev–Trinajstić information content (AvgIpc) is 2.36. The maximum absolute atomic E-state index is 11.9. The van der Waals surface area contributed by atoms with E-state index in [2.05, 4.69) is 4.72 Å². The Balaban J connectivity index is 2.61. The van der Waals surface area contributed by atoms with Crippen LogP contribution in [0.15, 0.2) is 30.3 Å². The van der Waals surface area contributed by atoms with Crippen LogP contribution < -0.4 is 4.72 Å². The molecule has 0 saturated heterocycles. The van der Waals surface area contributed by atoms with E-state index in [4.69, 9.17) is 5.11 Å². The molecule has 0 aliphatic heterocycles. The fraction of sp³-hybridized carbons (Fsp3) is 0.500. The Hall–Kier alpha value is -1.40. The molecule has 1 aromatic carbocycles. The topological polar surface area (TPSA) is 83.5 Å². The van der Waals surface area contributed by atoms with E-state index >= 15 is 0 Å². The second-order valence-electron chi connectivity index (χ2n) is 5.19. The lowest BCUT2D eigenvalue weighted by Gasteiger charge is -2.16. The molecule has 0 spiro atoms. The fourth-order valence-corrected chi connectivity index (χ4v) is 3.10. The lowest BCUT2D eigenvalue weighted by molar-refractivity contribution is -0.139. The average molecular weight is 299 g/mol. The normalized spacial score (nSPS) is 13.3. The molecule has 0 radical (unpaired) electrons. The molecule has 1 rings (SSSR count). The summed E-state index contributed by atoms with van der Waals surface area (Å²) in [5, 5.41) is 9.04. The predicted octanol–water partition coefficient (Wildman–Crippen LogP) is 1.65.